The molecule has 28 heavy (non-hydrogen) atoms. The van der Waals surface area contributed by atoms with E-state index < -0.39 is 11.7 Å². The third-order valence-electron chi connectivity index (χ3n) is 4.18. The summed E-state index contributed by atoms with van der Waals surface area (Å²) in [6, 6.07) is 11.3. The maximum atomic E-state index is 12.5. The molecule has 7 nitrogen and oxygen atoms in total. The minimum absolute atomic E-state index is 0.0834. The summed E-state index contributed by atoms with van der Waals surface area (Å²) < 4.78 is 43.1. The van der Waals surface area contributed by atoms with E-state index in [1.807, 2.05) is 30.3 Å². The molecule has 0 N–H and O–H groups in total. The molecule has 0 unspecified atom stereocenters. The fourth-order valence-electron chi connectivity index (χ4n) is 2.68. The van der Waals surface area contributed by atoms with Crippen molar-refractivity contribution in [3.05, 3.63) is 66.1 Å². The van der Waals surface area contributed by atoms with E-state index in [1.165, 1.54) is 22.0 Å². The summed E-state index contributed by atoms with van der Waals surface area (Å²) in [4.78, 5) is 19.0. The van der Waals surface area contributed by atoms with Crippen LogP contribution in [0.3, 0.4) is 0 Å². The molecular weight excluding hydrogens is 375 g/mol. The van der Waals surface area contributed by atoms with Crippen molar-refractivity contribution in [3.8, 4) is 11.6 Å². The molecule has 1 saturated heterocycles. The van der Waals surface area contributed by atoms with Crippen LogP contribution in [0.4, 0.5) is 13.2 Å². The number of likely N-dealkylation sites (tertiary alicyclic amines) is 1. The number of benzene rings is 1. The van der Waals surface area contributed by atoms with Gasteiger partial charge in [-0.25, -0.2) is 4.98 Å². The second-order valence-corrected chi connectivity index (χ2v) is 6.19. The molecule has 1 aliphatic rings. The van der Waals surface area contributed by atoms with Gasteiger partial charge < -0.3 is 9.64 Å². The van der Waals surface area contributed by atoms with Gasteiger partial charge in [0.25, 0.3) is 5.91 Å². The van der Waals surface area contributed by atoms with Crippen LogP contribution in [0.25, 0.3) is 5.69 Å². The number of rotatable bonds is 4. The summed E-state index contributed by atoms with van der Waals surface area (Å²) in [6.45, 7) is 0.583. The second kappa shape index (κ2) is 6.95. The lowest BCUT2D eigenvalue weighted by atomic mass is 10.1. The van der Waals surface area contributed by atoms with Crippen LogP contribution in [0.5, 0.6) is 5.88 Å². The normalized spacial score (nSPS) is 14.6. The Bertz CT molecular complexity index is 967. The van der Waals surface area contributed by atoms with Crippen molar-refractivity contribution >= 4 is 5.91 Å². The molecule has 3 heterocycles. The highest BCUT2D eigenvalue weighted by molar-refractivity contribution is 5.92. The fraction of sp³-hybridized carbons (Fsp3) is 0.222. The Morgan fingerprint density at radius 1 is 1.07 bits per heavy atom. The van der Waals surface area contributed by atoms with Crippen LogP contribution < -0.4 is 4.74 Å². The zero-order valence-electron chi connectivity index (χ0n) is 14.4. The zero-order chi connectivity index (χ0) is 19.7. The van der Waals surface area contributed by atoms with Crippen LogP contribution in [0, 0.1) is 0 Å². The van der Waals surface area contributed by atoms with E-state index in [-0.39, 0.29) is 23.6 Å². The molecule has 1 fully saturated rings. The van der Waals surface area contributed by atoms with Gasteiger partial charge in [-0.15, -0.1) is 5.10 Å². The minimum atomic E-state index is -4.44. The molecule has 0 bridgehead atoms. The summed E-state index contributed by atoms with van der Waals surface area (Å²) >= 11 is 0. The van der Waals surface area contributed by atoms with Crippen molar-refractivity contribution in [2.24, 2.45) is 0 Å². The average Bonchev–Trinajstić information content (AvgIpc) is 3.14. The van der Waals surface area contributed by atoms with Gasteiger partial charge in [-0.3, -0.25) is 4.79 Å². The van der Waals surface area contributed by atoms with Gasteiger partial charge in [-0.05, 0) is 18.2 Å². The van der Waals surface area contributed by atoms with Crippen molar-refractivity contribution in [1.82, 2.24) is 24.9 Å². The number of amides is 1. The number of carbonyl (C=O) groups excluding carboxylic acids is 1. The third-order valence-corrected chi connectivity index (χ3v) is 4.18. The number of aromatic nitrogens is 4. The summed E-state index contributed by atoms with van der Waals surface area (Å²) in [5.41, 5.74) is 0.0986. The fourth-order valence-corrected chi connectivity index (χ4v) is 2.68. The van der Waals surface area contributed by atoms with Gasteiger partial charge in [0.1, 0.15) is 6.10 Å². The third kappa shape index (κ3) is 3.66. The molecule has 144 valence electrons. The van der Waals surface area contributed by atoms with E-state index in [4.69, 9.17) is 4.74 Å². The molecule has 1 aromatic carbocycles. The number of nitrogens with zero attached hydrogens (tertiary/aromatic N) is 5. The topological polar surface area (TPSA) is 73.1 Å². The molecule has 10 heteroatoms. The van der Waals surface area contributed by atoms with Crippen molar-refractivity contribution in [1.29, 1.82) is 0 Å². The monoisotopic (exact) mass is 389 g/mol. The molecule has 0 aliphatic carbocycles. The Morgan fingerprint density at radius 3 is 2.46 bits per heavy atom. The minimum Gasteiger partial charge on any atom is -0.471 e. The van der Waals surface area contributed by atoms with E-state index >= 15 is 0 Å². The summed E-state index contributed by atoms with van der Waals surface area (Å²) in [5.74, 6) is -0.206. The molecule has 0 saturated carbocycles. The van der Waals surface area contributed by atoms with E-state index in [1.54, 1.807) is 0 Å². The number of para-hydroxylation sites is 1. The molecule has 0 atom stereocenters. The van der Waals surface area contributed by atoms with Crippen LogP contribution in [0.15, 0.2) is 54.9 Å². The Kier molecular flexibility index (Phi) is 4.46. The van der Waals surface area contributed by atoms with Gasteiger partial charge in [0.2, 0.25) is 5.88 Å². The van der Waals surface area contributed by atoms with Crippen molar-refractivity contribution in [2.45, 2.75) is 12.3 Å². The molecular formula is C18H14F3N5O2. The van der Waals surface area contributed by atoms with Gasteiger partial charge in [-0.2, -0.15) is 23.1 Å². The second-order valence-electron chi connectivity index (χ2n) is 6.19. The lowest BCUT2D eigenvalue weighted by molar-refractivity contribution is -0.137. The maximum Gasteiger partial charge on any atom is 0.417 e. The zero-order valence-corrected chi connectivity index (χ0v) is 14.4. The van der Waals surface area contributed by atoms with E-state index in [2.05, 4.69) is 15.2 Å². The SMILES string of the molecule is O=C(c1cnn(-c2ccccc2)n1)N1CC(Oc2ccc(C(F)(F)F)cn2)C1. The van der Waals surface area contributed by atoms with Gasteiger partial charge in [0.05, 0.1) is 30.5 Å². The highest BCUT2D eigenvalue weighted by Gasteiger charge is 2.35. The Hall–Kier alpha value is -3.43. The summed E-state index contributed by atoms with van der Waals surface area (Å²) in [5, 5.41) is 8.27. The molecule has 2 aromatic heterocycles. The Balaban J connectivity index is 1.33. The first kappa shape index (κ1) is 18.0. The summed E-state index contributed by atoms with van der Waals surface area (Å²) in [7, 11) is 0. The largest absolute Gasteiger partial charge is 0.471 e. The summed E-state index contributed by atoms with van der Waals surface area (Å²) in [6.07, 6.45) is -2.67. The lowest BCUT2D eigenvalue weighted by Gasteiger charge is -2.38. The first-order chi connectivity index (χ1) is 13.4. The van der Waals surface area contributed by atoms with Gasteiger partial charge in [0.15, 0.2) is 5.69 Å². The van der Waals surface area contributed by atoms with Gasteiger partial charge in [0, 0.05) is 12.3 Å². The number of hydrogen-bond acceptors (Lipinski definition) is 5. The van der Waals surface area contributed by atoms with Crippen molar-refractivity contribution < 1.29 is 22.7 Å². The van der Waals surface area contributed by atoms with Crippen LogP contribution >= 0.6 is 0 Å². The van der Waals surface area contributed by atoms with Crippen LogP contribution in [0.2, 0.25) is 0 Å². The molecule has 0 spiro atoms. The number of hydrogen-bond donors (Lipinski definition) is 0. The first-order valence-corrected chi connectivity index (χ1v) is 8.37. The molecule has 0 radical (unpaired) electrons. The van der Waals surface area contributed by atoms with E-state index in [0.717, 1.165) is 18.0 Å². The standard InChI is InChI=1S/C18H14F3N5O2/c19-18(20,21)12-6-7-16(22-8-12)28-14-10-25(11-14)17(27)15-9-23-26(24-15)13-4-2-1-3-5-13/h1-9,14H,10-11H2. The van der Waals surface area contributed by atoms with Crippen LogP contribution in [-0.4, -0.2) is 50.0 Å². The van der Waals surface area contributed by atoms with E-state index in [0.29, 0.717) is 13.1 Å². The van der Waals surface area contributed by atoms with Gasteiger partial charge >= 0.3 is 6.18 Å². The number of halogens is 3. The smallest absolute Gasteiger partial charge is 0.417 e. The number of pyridine rings is 1. The highest BCUT2D eigenvalue weighted by atomic mass is 19.4. The Labute approximate surface area is 157 Å². The average molecular weight is 389 g/mol. The molecule has 3 aromatic rings. The molecule has 1 aliphatic heterocycles. The van der Waals surface area contributed by atoms with Crippen LogP contribution in [0.1, 0.15) is 16.1 Å². The first-order valence-electron chi connectivity index (χ1n) is 8.37. The molecule has 4 rings (SSSR count). The maximum absolute atomic E-state index is 12.5. The quantitative estimate of drug-likeness (QED) is 0.686. The Morgan fingerprint density at radius 2 is 1.82 bits per heavy atom. The predicted molar refractivity (Wildman–Crippen MR) is 90.9 cm³/mol. The highest BCUT2D eigenvalue weighted by Crippen LogP contribution is 2.29. The number of ether oxygens (including phenoxy) is 1. The lowest BCUT2D eigenvalue weighted by Crippen LogP contribution is -2.56. The predicted octanol–water partition coefficient (Wildman–Crippen LogP) is 2.58. The molecule has 1 amide bonds. The number of carbonyl (C=O) groups is 1. The van der Waals surface area contributed by atoms with Gasteiger partial charge in [-0.1, -0.05) is 18.2 Å². The van der Waals surface area contributed by atoms with Crippen molar-refractivity contribution in [3.63, 3.8) is 0 Å². The number of alkyl halides is 3. The van der Waals surface area contributed by atoms with Crippen LogP contribution in [-0.2, 0) is 6.18 Å². The van der Waals surface area contributed by atoms with Crippen molar-refractivity contribution in [2.75, 3.05) is 13.1 Å². The van der Waals surface area contributed by atoms with E-state index in [9.17, 15) is 18.0 Å².